The number of amides is 2. The maximum atomic E-state index is 12.7. The van der Waals surface area contributed by atoms with Crippen molar-refractivity contribution in [3.8, 4) is 0 Å². The van der Waals surface area contributed by atoms with Crippen LogP contribution in [0, 0.1) is 0 Å². The molecule has 0 aliphatic carbocycles. The molecular weight excluding hydrogens is 342 g/mol. The third-order valence-electron chi connectivity index (χ3n) is 4.17. The SMILES string of the molecule is O=C1c2ccccc2C(=O)N1c1ccc(S(=O)(=O)[O-])c2ccccc12. The van der Waals surface area contributed by atoms with E-state index in [2.05, 4.69) is 0 Å². The number of hydrogen-bond donors (Lipinski definition) is 0. The first-order valence-electron chi connectivity index (χ1n) is 7.35. The fourth-order valence-corrected chi connectivity index (χ4v) is 3.76. The molecule has 0 N–H and O–H groups in total. The standard InChI is InChI=1S/C18H11NO5S/c20-17-13-7-3-4-8-14(13)18(21)19(17)15-9-10-16(25(22,23)24)12-6-2-1-5-11(12)15/h1-10H,(H,22,23,24)/p-1. The van der Waals surface area contributed by atoms with Crippen molar-refractivity contribution in [2.45, 2.75) is 4.90 Å². The van der Waals surface area contributed by atoms with Crippen LogP contribution in [0.2, 0.25) is 0 Å². The number of hydrogen-bond acceptors (Lipinski definition) is 5. The zero-order chi connectivity index (χ0) is 17.8. The van der Waals surface area contributed by atoms with Crippen LogP contribution in [-0.2, 0) is 10.1 Å². The Kier molecular flexibility index (Phi) is 3.24. The van der Waals surface area contributed by atoms with Gasteiger partial charge in [-0.3, -0.25) is 9.59 Å². The van der Waals surface area contributed by atoms with Crippen molar-refractivity contribution < 1.29 is 22.6 Å². The van der Waals surface area contributed by atoms with Crippen molar-refractivity contribution in [2.24, 2.45) is 0 Å². The van der Waals surface area contributed by atoms with Gasteiger partial charge in [-0.05, 0) is 24.3 Å². The number of rotatable bonds is 2. The molecular formula is C18H10NO5S-. The van der Waals surface area contributed by atoms with E-state index in [0.717, 1.165) is 11.0 Å². The van der Waals surface area contributed by atoms with Gasteiger partial charge in [-0.25, -0.2) is 13.3 Å². The van der Waals surface area contributed by atoms with E-state index in [1.54, 1.807) is 42.5 Å². The zero-order valence-corrected chi connectivity index (χ0v) is 13.5. The Hall–Kier alpha value is -3.03. The Morgan fingerprint density at radius 1 is 0.720 bits per heavy atom. The van der Waals surface area contributed by atoms with Crippen LogP contribution in [0.4, 0.5) is 5.69 Å². The van der Waals surface area contributed by atoms with Gasteiger partial charge in [0, 0.05) is 10.8 Å². The summed E-state index contributed by atoms with van der Waals surface area (Å²) in [7, 11) is -4.69. The average molecular weight is 352 g/mol. The van der Waals surface area contributed by atoms with Gasteiger partial charge in [0.2, 0.25) is 0 Å². The first kappa shape index (κ1) is 15.5. The minimum absolute atomic E-state index is 0.173. The molecule has 3 aromatic rings. The maximum Gasteiger partial charge on any atom is 0.266 e. The van der Waals surface area contributed by atoms with Crippen molar-refractivity contribution in [3.05, 3.63) is 71.8 Å². The smallest absolute Gasteiger partial charge is 0.266 e. The van der Waals surface area contributed by atoms with E-state index < -0.39 is 21.9 Å². The monoisotopic (exact) mass is 352 g/mol. The second-order valence-corrected chi connectivity index (χ2v) is 6.92. The second-order valence-electron chi connectivity index (χ2n) is 5.57. The number of benzene rings is 3. The molecule has 0 saturated heterocycles. The van der Waals surface area contributed by atoms with Crippen molar-refractivity contribution in [1.82, 2.24) is 0 Å². The molecule has 25 heavy (non-hydrogen) atoms. The van der Waals surface area contributed by atoms with E-state index in [1.807, 2.05) is 0 Å². The van der Waals surface area contributed by atoms with Crippen molar-refractivity contribution in [2.75, 3.05) is 4.90 Å². The molecule has 0 aromatic heterocycles. The summed E-state index contributed by atoms with van der Waals surface area (Å²) in [6, 6.07) is 15.2. The Morgan fingerprint density at radius 3 is 1.80 bits per heavy atom. The van der Waals surface area contributed by atoms with Crippen LogP contribution in [0.5, 0.6) is 0 Å². The molecule has 1 heterocycles. The summed E-state index contributed by atoms with van der Waals surface area (Å²) in [6.07, 6.45) is 0. The highest BCUT2D eigenvalue weighted by atomic mass is 32.2. The molecule has 0 saturated carbocycles. The van der Waals surface area contributed by atoms with E-state index in [-0.39, 0.29) is 27.1 Å². The van der Waals surface area contributed by atoms with Crippen LogP contribution in [0.3, 0.4) is 0 Å². The summed E-state index contributed by atoms with van der Waals surface area (Å²) in [5, 5.41) is 0.514. The summed E-state index contributed by atoms with van der Waals surface area (Å²) >= 11 is 0. The van der Waals surface area contributed by atoms with Crippen LogP contribution < -0.4 is 4.90 Å². The quantitative estimate of drug-likeness (QED) is 0.522. The molecule has 0 bridgehead atoms. The second kappa shape index (κ2) is 5.23. The number of carbonyl (C=O) groups is 2. The number of fused-ring (bicyclic) bond motifs is 2. The zero-order valence-electron chi connectivity index (χ0n) is 12.7. The molecule has 124 valence electrons. The molecule has 0 unspecified atom stereocenters. The summed E-state index contributed by atoms with van der Waals surface area (Å²) in [5.74, 6) is -0.966. The maximum absolute atomic E-state index is 12.7. The molecule has 0 radical (unpaired) electrons. The first-order valence-corrected chi connectivity index (χ1v) is 8.76. The Bertz CT molecular complexity index is 1130. The largest absolute Gasteiger partial charge is 0.744 e. The molecule has 6 nitrogen and oxygen atoms in total. The van der Waals surface area contributed by atoms with Gasteiger partial charge in [0.1, 0.15) is 10.1 Å². The molecule has 7 heteroatoms. The minimum Gasteiger partial charge on any atom is -0.744 e. The molecule has 2 amide bonds. The molecule has 0 atom stereocenters. The first-order chi connectivity index (χ1) is 11.9. The number of nitrogens with zero attached hydrogens (tertiary/aromatic N) is 1. The average Bonchev–Trinajstić information content (AvgIpc) is 2.85. The van der Waals surface area contributed by atoms with Crippen LogP contribution in [0.25, 0.3) is 10.8 Å². The van der Waals surface area contributed by atoms with E-state index in [0.29, 0.717) is 5.39 Å². The third-order valence-corrected chi connectivity index (χ3v) is 5.06. The summed E-state index contributed by atoms with van der Waals surface area (Å²) < 4.78 is 34.5. The van der Waals surface area contributed by atoms with E-state index >= 15 is 0 Å². The van der Waals surface area contributed by atoms with Crippen LogP contribution >= 0.6 is 0 Å². The van der Waals surface area contributed by atoms with Gasteiger partial charge >= 0.3 is 0 Å². The predicted molar refractivity (Wildman–Crippen MR) is 89.5 cm³/mol. The molecule has 1 aliphatic heterocycles. The van der Waals surface area contributed by atoms with Gasteiger partial charge in [0.05, 0.1) is 21.7 Å². The lowest BCUT2D eigenvalue weighted by Gasteiger charge is -2.19. The van der Waals surface area contributed by atoms with Gasteiger partial charge < -0.3 is 4.55 Å². The molecule has 1 aliphatic rings. The Labute approximate surface area is 143 Å². The molecule has 0 fully saturated rings. The number of carbonyl (C=O) groups excluding carboxylic acids is 2. The van der Waals surface area contributed by atoms with E-state index in [9.17, 15) is 22.6 Å². The van der Waals surface area contributed by atoms with Gasteiger partial charge in [-0.15, -0.1) is 0 Å². The summed E-state index contributed by atoms with van der Waals surface area (Å²) in [6.45, 7) is 0. The molecule has 0 spiro atoms. The number of imide groups is 1. The highest BCUT2D eigenvalue weighted by Crippen LogP contribution is 2.36. The fourth-order valence-electron chi connectivity index (χ4n) is 3.08. The fraction of sp³-hybridized carbons (Fsp3) is 0. The van der Waals surface area contributed by atoms with Gasteiger partial charge in [-0.1, -0.05) is 36.4 Å². The van der Waals surface area contributed by atoms with Crippen LogP contribution in [0.15, 0.2) is 65.6 Å². The van der Waals surface area contributed by atoms with Gasteiger partial charge in [0.15, 0.2) is 0 Å². The lowest BCUT2D eigenvalue weighted by atomic mass is 10.1. The van der Waals surface area contributed by atoms with Crippen molar-refractivity contribution >= 4 is 38.4 Å². The topological polar surface area (TPSA) is 94.6 Å². The summed E-state index contributed by atoms with van der Waals surface area (Å²) in [4.78, 5) is 25.9. The number of anilines is 1. The predicted octanol–water partition coefficient (Wildman–Crippen LogP) is 2.54. The Balaban J connectivity index is 1.99. The van der Waals surface area contributed by atoms with E-state index in [4.69, 9.17) is 0 Å². The Morgan fingerprint density at radius 2 is 1.24 bits per heavy atom. The molecule has 3 aromatic carbocycles. The van der Waals surface area contributed by atoms with Crippen molar-refractivity contribution in [3.63, 3.8) is 0 Å². The van der Waals surface area contributed by atoms with Crippen LogP contribution in [0.1, 0.15) is 20.7 Å². The third kappa shape index (κ3) is 2.25. The lowest BCUT2D eigenvalue weighted by Crippen LogP contribution is -2.29. The van der Waals surface area contributed by atoms with E-state index in [1.165, 1.54) is 12.1 Å². The van der Waals surface area contributed by atoms with Crippen molar-refractivity contribution in [1.29, 1.82) is 0 Å². The normalized spacial score (nSPS) is 14.2. The minimum atomic E-state index is -4.69. The highest BCUT2D eigenvalue weighted by molar-refractivity contribution is 7.86. The lowest BCUT2D eigenvalue weighted by molar-refractivity contribution is 0.0926. The highest BCUT2D eigenvalue weighted by Gasteiger charge is 2.37. The van der Waals surface area contributed by atoms with Crippen LogP contribution in [-0.4, -0.2) is 24.8 Å². The molecule has 4 rings (SSSR count). The van der Waals surface area contributed by atoms with Gasteiger partial charge in [0.25, 0.3) is 11.8 Å². The summed E-state index contributed by atoms with van der Waals surface area (Å²) in [5.41, 5.74) is 0.823. The van der Waals surface area contributed by atoms with Gasteiger partial charge in [-0.2, -0.15) is 0 Å².